The molecule has 0 aliphatic carbocycles. The van der Waals surface area contributed by atoms with E-state index in [1.807, 2.05) is 17.0 Å². The summed E-state index contributed by atoms with van der Waals surface area (Å²) in [4.78, 5) is 19.4. The number of nitrogens with one attached hydrogen (secondary N) is 1. The lowest BCUT2D eigenvalue weighted by molar-refractivity contribution is -0.134. The van der Waals surface area contributed by atoms with Crippen LogP contribution in [0, 0.1) is 0 Å². The van der Waals surface area contributed by atoms with Crippen LogP contribution >= 0.6 is 0 Å². The molecule has 0 fully saturated rings. The molecule has 1 atom stereocenters. The van der Waals surface area contributed by atoms with E-state index in [1.54, 1.807) is 0 Å². The van der Waals surface area contributed by atoms with Crippen molar-refractivity contribution < 1.29 is 9.21 Å². The molecule has 0 radical (unpaired) electrons. The third-order valence-corrected chi connectivity index (χ3v) is 4.93. The molecule has 126 valence electrons. The molecule has 5 heteroatoms. The SMILES string of the molecule is CC(C)c1nc2c(o1)CCN(C(=O)[C@H]1Cc3ccccc3CN1)C2. The summed E-state index contributed by atoms with van der Waals surface area (Å²) >= 11 is 0. The zero-order valence-corrected chi connectivity index (χ0v) is 14.2. The van der Waals surface area contributed by atoms with Gasteiger partial charge in [-0.05, 0) is 17.5 Å². The van der Waals surface area contributed by atoms with Crippen LogP contribution in [0.2, 0.25) is 0 Å². The number of oxazole rings is 1. The first-order valence-corrected chi connectivity index (χ1v) is 8.69. The van der Waals surface area contributed by atoms with Gasteiger partial charge in [-0.15, -0.1) is 0 Å². The van der Waals surface area contributed by atoms with Crippen LogP contribution in [0.15, 0.2) is 28.7 Å². The Balaban J connectivity index is 1.48. The average molecular weight is 325 g/mol. The molecule has 3 heterocycles. The first-order valence-electron chi connectivity index (χ1n) is 8.69. The fourth-order valence-electron chi connectivity index (χ4n) is 3.50. The monoisotopic (exact) mass is 325 g/mol. The van der Waals surface area contributed by atoms with Gasteiger partial charge >= 0.3 is 0 Å². The number of fused-ring (bicyclic) bond motifs is 2. The molecular weight excluding hydrogens is 302 g/mol. The van der Waals surface area contributed by atoms with Crippen molar-refractivity contribution >= 4 is 5.91 Å². The molecule has 1 N–H and O–H groups in total. The highest BCUT2D eigenvalue weighted by Crippen LogP contribution is 2.25. The second kappa shape index (κ2) is 6.06. The normalized spacial score (nSPS) is 20.0. The molecular formula is C19H23N3O2. The van der Waals surface area contributed by atoms with E-state index < -0.39 is 0 Å². The lowest BCUT2D eigenvalue weighted by Crippen LogP contribution is -2.50. The van der Waals surface area contributed by atoms with Gasteiger partial charge in [0.15, 0.2) is 5.89 Å². The lowest BCUT2D eigenvalue weighted by atomic mass is 9.95. The highest BCUT2D eigenvalue weighted by Gasteiger charge is 2.31. The van der Waals surface area contributed by atoms with Crippen LogP contribution in [-0.2, 0) is 30.7 Å². The summed E-state index contributed by atoms with van der Waals surface area (Å²) in [6.45, 7) is 6.17. The van der Waals surface area contributed by atoms with Crippen molar-refractivity contribution in [3.63, 3.8) is 0 Å². The Morgan fingerprint density at radius 2 is 2.12 bits per heavy atom. The molecule has 2 aliphatic heterocycles. The summed E-state index contributed by atoms with van der Waals surface area (Å²) in [5.41, 5.74) is 3.49. The molecule has 1 aromatic carbocycles. The summed E-state index contributed by atoms with van der Waals surface area (Å²) < 4.78 is 5.82. The number of amides is 1. The minimum absolute atomic E-state index is 0.141. The van der Waals surface area contributed by atoms with Gasteiger partial charge in [0, 0.05) is 25.4 Å². The summed E-state index contributed by atoms with van der Waals surface area (Å²) in [5, 5.41) is 3.38. The smallest absolute Gasteiger partial charge is 0.240 e. The Kier molecular flexibility index (Phi) is 3.88. The van der Waals surface area contributed by atoms with Crippen LogP contribution < -0.4 is 5.32 Å². The van der Waals surface area contributed by atoms with Crippen molar-refractivity contribution in [1.82, 2.24) is 15.2 Å². The molecule has 0 unspecified atom stereocenters. The number of rotatable bonds is 2. The van der Waals surface area contributed by atoms with Gasteiger partial charge in [-0.25, -0.2) is 4.98 Å². The molecule has 5 nitrogen and oxygen atoms in total. The van der Waals surface area contributed by atoms with Crippen LogP contribution in [0.25, 0.3) is 0 Å². The second-order valence-corrected chi connectivity index (χ2v) is 6.99. The highest BCUT2D eigenvalue weighted by atomic mass is 16.4. The number of carbonyl (C=O) groups excluding carboxylic acids is 1. The molecule has 0 spiro atoms. The van der Waals surface area contributed by atoms with E-state index in [1.165, 1.54) is 11.1 Å². The quantitative estimate of drug-likeness (QED) is 0.921. The number of hydrogen-bond acceptors (Lipinski definition) is 4. The molecule has 0 bridgehead atoms. The maximum atomic E-state index is 12.9. The molecule has 0 saturated carbocycles. The van der Waals surface area contributed by atoms with Gasteiger partial charge in [0.25, 0.3) is 0 Å². The molecule has 0 saturated heterocycles. The Hall–Kier alpha value is -2.14. The summed E-state index contributed by atoms with van der Waals surface area (Å²) in [6, 6.07) is 8.20. The van der Waals surface area contributed by atoms with Gasteiger partial charge in [-0.2, -0.15) is 0 Å². The van der Waals surface area contributed by atoms with Crippen molar-refractivity contribution in [2.45, 2.75) is 51.7 Å². The average Bonchev–Trinajstić information content (AvgIpc) is 3.04. The molecule has 2 aromatic rings. The van der Waals surface area contributed by atoms with Crippen molar-refractivity contribution in [2.75, 3.05) is 6.54 Å². The van der Waals surface area contributed by atoms with Crippen molar-refractivity contribution in [3.05, 3.63) is 52.7 Å². The zero-order valence-electron chi connectivity index (χ0n) is 14.2. The van der Waals surface area contributed by atoms with E-state index >= 15 is 0 Å². The van der Waals surface area contributed by atoms with Gasteiger partial charge in [-0.3, -0.25) is 4.79 Å². The first-order chi connectivity index (χ1) is 11.6. The maximum absolute atomic E-state index is 12.9. The number of benzene rings is 1. The van der Waals surface area contributed by atoms with Gasteiger partial charge in [0.2, 0.25) is 5.91 Å². The van der Waals surface area contributed by atoms with E-state index in [9.17, 15) is 4.79 Å². The molecule has 2 aliphatic rings. The van der Waals surface area contributed by atoms with Gasteiger partial charge in [0.1, 0.15) is 11.5 Å². The van der Waals surface area contributed by atoms with Crippen molar-refractivity contribution in [1.29, 1.82) is 0 Å². The van der Waals surface area contributed by atoms with Crippen LogP contribution in [0.5, 0.6) is 0 Å². The summed E-state index contributed by atoms with van der Waals surface area (Å²) in [6.07, 6.45) is 1.51. The second-order valence-electron chi connectivity index (χ2n) is 6.99. The minimum atomic E-state index is -0.141. The maximum Gasteiger partial charge on any atom is 0.240 e. The van der Waals surface area contributed by atoms with Crippen LogP contribution in [-0.4, -0.2) is 28.4 Å². The van der Waals surface area contributed by atoms with Gasteiger partial charge in [-0.1, -0.05) is 38.1 Å². The van der Waals surface area contributed by atoms with E-state index in [2.05, 4.69) is 36.3 Å². The molecule has 1 aromatic heterocycles. The van der Waals surface area contributed by atoms with Crippen LogP contribution in [0.4, 0.5) is 0 Å². The van der Waals surface area contributed by atoms with Crippen molar-refractivity contribution in [3.8, 4) is 0 Å². The predicted octanol–water partition coefficient (Wildman–Crippen LogP) is 2.40. The number of aromatic nitrogens is 1. The van der Waals surface area contributed by atoms with Crippen LogP contribution in [0.1, 0.15) is 48.2 Å². The van der Waals surface area contributed by atoms with Gasteiger partial charge < -0.3 is 14.6 Å². The Morgan fingerprint density at radius 3 is 2.92 bits per heavy atom. The number of hydrogen-bond donors (Lipinski definition) is 1. The van der Waals surface area contributed by atoms with E-state index in [0.717, 1.165) is 36.7 Å². The molecule has 4 rings (SSSR count). The van der Waals surface area contributed by atoms with Crippen molar-refractivity contribution in [2.24, 2.45) is 0 Å². The zero-order chi connectivity index (χ0) is 16.7. The highest BCUT2D eigenvalue weighted by molar-refractivity contribution is 5.82. The summed E-state index contributed by atoms with van der Waals surface area (Å²) in [5.74, 6) is 2.17. The Labute approximate surface area is 142 Å². The Morgan fingerprint density at radius 1 is 1.33 bits per heavy atom. The number of nitrogens with zero attached hydrogens (tertiary/aromatic N) is 2. The van der Waals surface area contributed by atoms with E-state index in [-0.39, 0.29) is 17.9 Å². The molecule has 1 amide bonds. The Bertz CT molecular complexity index is 766. The topological polar surface area (TPSA) is 58.4 Å². The third-order valence-electron chi connectivity index (χ3n) is 4.93. The molecule has 24 heavy (non-hydrogen) atoms. The first kappa shape index (κ1) is 15.4. The standard InChI is InChI=1S/C19H23N3O2/c1-12(2)18-21-16-11-22(8-7-17(16)24-18)19(23)15-9-13-5-3-4-6-14(13)10-20-15/h3-6,12,15,20H,7-11H2,1-2H3/t15-/m1/s1. The van der Waals surface area contributed by atoms with Crippen LogP contribution in [0.3, 0.4) is 0 Å². The lowest BCUT2D eigenvalue weighted by Gasteiger charge is -2.32. The van der Waals surface area contributed by atoms with Gasteiger partial charge in [0.05, 0.1) is 12.6 Å². The fraction of sp³-hybridized carbons (Fsp3) is 0.474. The fourth-order valence-corrected chi connectivity index (χ4v) is 3.50. The van der Waals surface area contributed by atoms with E-state index in [0.29, 0.717) is 13.1 Å². The predicted molar refractivity (Wildman–Crippen MR) is 90.5 cm³/mol. The largest absolute Gasteiger partial charge is 0.445 e. The van der Waals surface area contributed by atoms with E-state index in [4.69, 9.17) is 4.42 Å². The third kappa shape index (κ3) is 2.73. The minimum Gasteiger partial charge on any atom is -0.445 e. The summed E-state index contributed by atoms with van der Waals surface area (Å²) in [7, 11) is 0. The number of carbonyl (C=O) groups is 1.